The number of hydrogen-bond donors (Lipinski definition) is 2. The fourth-order valence-corrected chi connectivity index (χ4v) is 3.36. The number of pyridine rings is 1. The summed E-state index contributed by atoms with van der Waals surface area (Å²) >= 11 is 0. The number of nitrogens with one attached hydrogen (secondary N) is 2. The van der Waals surface area contributed by atoms with Crippen molar-refractivity contribution >= 4 is 21.6 Å². The highest BCUT2D eigenvalue weighted by atomic mass is 32.2. The van der Waals surface area contributed by atoms with Crippen LogP contribution >= 0.6 is 0 Å². The molecule has 1 aromatic carbocycles. The molecule has 2 aromatic rings. The first-order valence-electron chi connectivity index (χ1n) is 7.22. The number of methoxy groups -OCH3 is 1. The van der Waals surface area contributed by atoms with Crippen LogP contribution in [0.4, 0.5) is 5.69 Å². The number of benzene rings is 1. The summed E-state index contributed by atoms with van der Waals surface area (Å²) in [4.78, 5) is 15.3. The van der Waals surface area contributed by atoms with Crippen molar-refractivity contribution in [2.45, 2.75) is 24.8 Å². The number of nitrogens with zero attached hydrogens (tertiary/aromatic N) is 1. The average molecular weight is 349 g/mol. The highest BCUT2D eigenvalue weighted by Gasteiger charge is 2.20. The van der Waals surface area contributed by atoms with Crippen LogP contribution in [0, 0.1) is 0 Å². The van der Waals surface area contributed by atoms with E-state index in [9.17, 15) is 13.2 Å². The van der Waals surface area contributed by atoms with Gasteiger partial charge in [0.05, 0.1) is 29.4 Å². The Morgan fingerprint density at radius 1 is 1.25 bits per heavy atom. The molecule has 0 aliphatic heterocycles. The fraction of sp³-hybridized carbons (Fsp3) is 0.250. The average Bonchev–Trinajstić information content (AvgIpc) is 2.55. The molecule has 0 bridgehead atoms. The third kappa shape index (κ3) is 4.30. The molecular formula is C16H19N3O4S. The standard InChI is InChI=1S/C16H19N3O4S/c1-11(14-6-4-5-9-17-14)19-24(21,22)13-7-8-15(18-12(2)20)16(10-13)23-3/h4-11,19H,1-3H3,(H,18,20). The van der Waals surface area contributed by atoms with Crippen molar-refractivity contribution in [3.8, 4) is 5.75 Å². The smallest absolute Gasteiger partial charge is 0.241 e. The predicted molar refractivity (Wildman–Crippen MR) is 90.3 cm³/mol. The van der Waals surface area contributed by atoms with Crippen LogP contribution < -0.4 is 14.8 Å². The van der Waals surface area contributed by atoms with Gasteiger partial charge in [-0.25, -0.2) is 13.1 Å². The van der Waals surface area contributed by atoms with E-state index < -0.39 is 16.1 Å². The molecule has 2 rings (SSSR count). The quantitative estimate of drug-likeness (QED) is 0.832. The maximum absolute atomic E-state index is 12.5. The highest BCUT2D eigenvalue weighted by molar-refractivity contribution is 7.89. The molecule has 2 N–H and O–H groups in total. The molecule has 1 amide bonds. The zero-order chi connectivity index (χ0) is 17.7. The van der Waals surface area contributed by atoms with E-state index in [0.717, 1.165) is 0 Å². The predicted octanol–water partition coefficient (Wildman–Crippen LogP) is 2.09. The van der Waals surface area contributed by atoms with E-state index in [1.807, 2.05) is 0 Å². The zero-order valence-corrected chi connectivity index (χ0v) is 14.4. The first-order valence-corrected chi connectivity index (χ1v) is 8.70. The molecule has 24 heavy (non-hydrogen) atoms. The Morgan fingerprint density at radius 2 is 2.00 bits per heavy atom. The van der Waals surface area contributed by atoms with Crippen LogP contribution in [-0.4, -0.2) is 26.4 Å². The molecule has 0 saturated carbocycles. The zero-order valence-electron chi connectivity index (χ0n) is 13.6. The second-order valence-electron chi connectivity index (χ2n) is 5.14. The Hall–Kier alpha value is -2.45. The first kappa shape index (κ1) is 17.9. The van der Waals surface area contributed by atoms with Crippen LogP contribution in [0.1, 0.15) is 25.6 Å². The number of carbonyl (C=O) groups is 1. The molecule has 0 aliphatic rings. The van der Waals surface area contributed by atoms with Gasteiger partial charge in [-0.15, -0.1) is 0 Å². The molecule has 1 heterocycles. The van der Waals surface area contributed by atoms with E-state index >= 15 is 0 Å². The number of amides is 1. The van der Waals surface area contributed by atoms with Crippen LogP contribution in [0.3, 0.4) is 0 Å². The van der Waals surface area contributed by atoms with E-state index in [2.05, 4.69) is 15.0 Å². The second kappa shape index (κ2) is 7.41. The summed E-state index contributed by atoms with van der Waals surface area (Å²) in [5, 5.41) is 2.58. The third-order valence-corrected chi connectivity index (χ3v) is 4.80. The van der Waals surface area contributed by atoms with Gasteiger partial charge in [-0.2, -0.15) is 0 Å². The van der Waals surface area contributed by atoms with Gasteiger partial charge in [-0.1, -0.05) is 6.07 Å². The van der Waals surface area contributed by atoms with Crippen molar-refractivity contribution in [2.75, 3.05) is 12.4 Å². The maximum atomic E-state index is 12.5. The lowest BCUT2D eigenvalue weighted by Crippen LogP contribution is -2.27. The monoisotopic (exact) mass is 349 g/mol. The minimum atomic E-state index is -3.77. The van der Waals surface area contributed by atoms with Gasteiger partial charge >= 0.3 is 0 Å². The van der Waals surface area contributed by atoms with Crippen molar-refractivity contribution < 1.29 is 17.9 Å². The van der Waals surface area contributed by atoms with Crippen molar-refractivity contribution in [1.29, 1.82) is 0 Å². The van der Waals surface area contributed by atoms with E-state index in [0.29, 0.717) is 11.4 Å². The second-order valence-corrected chi connectivity index (χ2v) is 6.85. The van der Waals surface area contributed by atoms with Crippen LogP contribution in [0.2, 0.25) is 0 Å². The fourth-order valence-electron chi connectivity index (χ4n) is 2.12. The summed E-state index contributed by atoms with van der Waals surface area (Å²) in [6, 6.07) is 9.06. The SMILES string of the molecule is COc1cc(S(=O)(=O)NC(C)c2ccccn2)ccc1NC(C)=O. The number of aromatic nitrogens is 1. The molecule has 7 nitrogen and oxygen atoms in total. The third-order valence-electron chi connectivity index (χ3n) is 3.26. The Morgan fingerprint density at radius 3 is 2.58 bits per heavy atom. The minimum absolute atomic E-state index is 0.0382. The maximum Gasteiger partial charge on any atom is 0.241 e. The highest BCUT2D eigenvalue weighted by Crippen LogP contribution is 2.28. The summed E-state index contributed by atoms with van der Waals surface area (Å²) < 4.78 is 32.8. The number of ether oxygens (including phenoxy) is 1. The molecule has 8 heteroatoms. The van der Waals surface area contributed by atoms with Gasteiger partial charge in [0.25, 0.3) is 0 Å². The Bertz CT molecular complexity index is 822. The molecule has 0 aliphatic carbocycles. The molecule has 1 atom stereocenters. The lowest BCUT2D eigenvalue weighted by Gasteiger charge is -2.15. The largest absolute Gasteiger partial charge is 0.495 e. The molecule has 0 saturated heterocycles. The summed E-state index contributed by atoms with van der Waals surface area (Å²) in [6.45, 7) is 3.07. The topological polar surface area (TPSA) is 97.4 Å². The number of hydrogen-bond acceptors (Lipinski definition) is 5. The van der Waals surface area contributed by atoms with Gasteiger partial charge in [0.15, 0.2) is 0 Å². The Labute approximate surface area is 141 Å². The number of rotatable bonds is 6. The lowest BCUT2D eigenvalue weighted by atomic mass is 10.2. The van der Waals surface area contributed by atoms with Crippen molar-refractivity contribution in [3.63, 3.8) is 0 Å². The van der Waals surface area contributed by atoms with Gasteiger partial charge in [0.1, 0.15) is 5.75 Å². The molecule has 0 spiro atoms. The molecule has 0 radical (unpaired) electrons. The van der Waals surface area contributed by atoms with Crippen LogP contribution in [-0.2, 0) is 14.8 Å². The minimum Gasteiger partial charge on any atom is -0.495 e. The molecule has 1 unspecified atom stereocenters. The first-order chi connectivity index (χ1) is 11.3. The number of anilines is 1. The van der Waals surface area contributed by atoms with E-state index in [1.54, 1.807) is 31.3 Å². The number of sulfonamides is 1. The molecular weight excluding hydrogens is 330 g/mol. The van der Waals surface area contributed by atoms with E-state index in [4.69, 9.17) is 4.74 Å². The van der Waals surface area contributed by atoms with Crippen LogP contribution in [0.15, 0.2) is 47.5 Å². The van der Waals surface area contributed by atoms with Crippen molar-refractivity contribution in [1.82, 2.24) is 9.71 Å². The van der Waals surface area contributed by atoms with Crippen molar-refractivity contribution in [3.05, 3.63) is 48.3 Å². The van der Waals surface area contributed by atoms with Crippen LogP contribution in [0.5, 0.6) is 5.75 Å². The van der Waals surface area contributed by atoms with Gasteiger partial charge in [-0.05, 0) is 31.2 Å². The molecule has 128 valence electrons. The Kier molecular flexibility index (Phi) is 5.53. The summed E-state index contributed by atoms with van der Waals surface area (Å²) in [5.74, 6) is -0.00984. The van der Waals surface area contributed by atoms with Gasteiger partial charge in [0.2, 0.25) is 15.9 Å². The van der Waals surface area contributed by atoms with Gasteiger partial charge in [0, 0.05) is 19.2 Å². The van der Waals surface area contributed by atoms with Crippen molar-refractivity contribution in [2.24, 2.45) is 0 Å². The van der Waals surface area contributed by atoms with Gasteiger partial charge < -0.3 is 10.1 Å². The van der Waals surface area contributed by atoms with Crippen LogP contribution in [0.25, 0.3) is 0 Å². The summed E-state index contributed by atoms with van der Waals surface area (Å²) in [5.41, 5.74) is 1.02. The molecule has 1 aromatic heterocycles. The van der Waals surface area contributed by atoms with E-state index in [-0.39, 0.29) is 16.6 Å². The lowest BCUT2D eigenvalue weighted by molar-refractivity contribution is -0.114. The van der Waals surface area contributed by atoms with E-state index in [1.165, 1.54) is 32.2 Å². The summed E-state index contributed by atoms with van der Waals surface area (Å²) in [6.07, 6.45) is 1.60. The van der Waals surface area contributed by atoms with Gasteiger partial charge in [-0.3, -0.25) is 9.78 Å². The normalized spacial score (nSPS) is 12.5. The number of carbonyl (C=O) groups excluding carboxylic acids is 1. The Balaban J connectivity index is 2.27. The summed E-state index contributed by atoms with van der Waals surface area (Å²) in [7, 11) is -2.36. The molecule has 0 fully saturated rings.